The molecule has 102 valence electrons. The van der Waals surface area contributed by atoms with Crippen molar-refractivity contribution >= 4 is 0 Å². The van der Waals surface area contributed by atoms with Crippen LogP contribution in [0.4, 0.5) is 8.78 Å². The van der Waals surface area contributed by atoms with E-state index in [1.54, 1.807) is 43.2 Å². The van der Waals surface area contributed by atoms with Crippen LogP contribution in [-0.2, 0) is 7.05 Å². The molecule has 0 aliphatic heterocycles. The van der Waals surface area contributed by atoms with E-state index in [4.69, 9.17) is 0 Å². The molecule has 0 saturated heterocycles. The fraction of sp³-hybridized carbons (Fsp3) is 0.333. The first-order valence-corrected chi connectivity index (χ1v) is 5.69. The normalized spacial score (nSPS) is 12.7. The van der Waals surface area contributed by atoms with E-state index in [0.29, 0.717) is 5.56 Å². The van der Waals surface area contributed by atoms with E-state index < -0.39 is 6.61 Å². The van der Waals surface area contributed by atoms with Crippen LogP contribution in [0.2, 0.25) is 0 Å². The summed E-state index contributed by atoms with van der Waals surface area (Å²) in [5, 5.41) is 10.7. The van der Waals surface area contributed by atoms with Crippen LogP contribution >= 0.6 is 0 Å². The Bertz CT molecular complexity index is 544. The summed E-state index contributed by atoms with van der Waals surface area (Å²) in [5.74, 6) is 0.137. The number of aryl methyl sites for hydroxylation is 1. The molecular weight excluding hydrogens is 254 g/mol. The Morgan fingerprint density at radius 2 is 2.05 bits per heavy atom. The van der Waals surface area contributed by atoms with Gasteiger partial charge in [-0.1, -0.05) is 23.4 Å². The van der Waals surface area contributed by atoms with E-state index >= 15 is 0 Å². The van der Waals surface area contributed by atoms with Gasteiger partial charge in [-0.3, -0.25) is 4.68 Å². The van der Waals surface area contributed by atoms with Crippen LogP contribution in [0.15, 0.2) is 30.5 Å². The molecule has 1 atom stereocenters. The number of rotatable bonds is 5. The van der Waals surface area contributed by atoms with Gasteiger partial charge in [0.1, 0.15) is 5.75 Å². The van der Waals surface area contributed by atoms with Crippen LogP contribution in [0.25, 0.3) is 0 Å². The van der Waals surface area contributed by atoms with Gasteiger partial charge >= 0.3 is 6.61 Å². The van der Waals surface area contributed by atoms with Crippen molar-refractivity contribution in [3.05, 3.63) is 41.7 Å². The maximum atomic E-state index is 12.4. The lowest BCUT2D eigenvalue weighted by molar-refractivity contribution is -0.0506. The first kappa shape index (κ1) is 13.4. The van der Waals surface area contributed by atoms with Crippen LogP contribution in [0.1, 0.15) is 17.3 Å². The van der Waals surface area contributed by atoms with E-state index in [9.17, 15) is 8.78 Å². The monoisotopic (exact) mass is 268 g/mol. The van der Waals surface area contributed by atoms with Crippen molar-refractivity contribution in [3.8, 4) is 5.75 Å². The number of ether oxygens (including phenoxy) is 1. The second kappa shape index (κ2) is 5.75. The van der Waals surface area contributed by atoms with Crippen LogP contribution in [0.3, 0.4) is 0 Å². The largest absolute Gasteiger partial charge is 0.434 e. The standard InChI is InChI=1S/C12H14F2N4O/c1-15-11(9-7-16-17-18(9)2)8-5-3-4-6-10(8)19-12(13)14/h3-7,11-12,15H,1-2H3. The summed E-state index contributed by atoms with van der Waals surface area (Å²) in [5.41, 5.74) is 1.36. The Balaban J connectivity index is 2.41. The molecule has 7 heteroatoms. The molecule has 1 aromatic carbocycles. The summed E-state index contributed by atoms with van der Waals surface area (Å²) in [4.78, 5) is 0. The average Bonchev–Trinajstić information content (AvgIpc) is 2.78. The predicted molar refractivity (Wildman–Crippen MR) is 65.0 cm³/mol. The van der Waals surface area contributed by atoms with Crippen molar-refractivity contribution in [3.63, 3.8) is 0 Å². The summed E-state index contributed by atoms with van der Waals surface area (Å²) in [6.45, 7) is -2.86. The molecule has 0 saturated carbocycles. The van der Waals surface area contributed by atoms with Crippen LogP contribution < -0.4 is 10.1 Å². The minimum Gasteiger partial charge on any atom is -0.434 e. The summed E-state index contributed by atoms with van der Waals surface area (Å²) in [7, 11) is 3.47. The molecule has 1 unspecified atom stereocenters. The van der Waals surface area contributed by atoms with Gasteiger partial charge in [0, 0.05) is 12.6 Å². The van der Waals surface area contributed by atoms with Gasteiger partial charge in [0.2, 0.25) is 0 Å². The summed E-state index contributed by atoms with van der Waals surface area (Å²) < 4.78 is 31.0. The Labute approximate surface area is 109 Å². The highest BCUT2D eigenvalue weighted by molar-refractivity contribution is 5.39. The zero-order valence-corrected chi connectivity index (χ0v) is 10.5. The highest BCUT2D eigenvalue weighted by Crippen LogP contribution is 2.30. The Hall–Kier alpha value is -2.02. The fourth-order valence-corrected chi connectivity index (χ4v) is 1.94. The number of hydrogen-bond acceptors (Lipinski definition) is 4. The van der Waals surface area contributed by atoms with Gasteiger partial charge in [-0.25, -0.2) is 0 Å². The van der Waals surface area contributed by atoms with Gasteiger partial charge in [0.15, 0.2) is 0 Å². The molecule has 0 aliphatic rings. The first-order valence-electron chi connectivity index (χ1n) is 5.69. The van der Waals surface area contributed by atoms with E-state index in [1.807, 2.05) is 0 Å². The van der Waals surface area contributed by atoms with E-state index in [0.717, 1.165) is 5.69 Å². The topological polar surface area (TPSA) is 52.0 Å². The number of alkyl halides is 2. The number of aromatic nitrogens is 3. The van der Waals surface area contributed by atoms with Crippen molar-refractivity contribution in [2.75, 3.05) is 7.05 Å². The second-order valence-electron chi connectivity index (χ2n) is 3.92. The van der Waals surface area contributed by atoms with Crippen molar-refractivity contribution in [2.45, 2.75) is 12.7 Å². The number of nitrogens with zero attached hydrogens (tertiary/aromatic N) is 3. The molecule has 1 N–H and O–H groups in total. The van der Waals surface area contributed by atoms with Crippen LogP contribution in [0.5, 0.6) is 5.75 Å². The van der Waals surface area contributed by atoms with Gasteiger partial charge in [0.25, 0.3) is 0 Å². The van der Waals surface area contributed by atoms with Crippen LogP contribution in [-0.4, -0.2) is 28.7 Å². The first-order chi connectivity index (χ1) is 9.13. The molecule has 0 amide bonds. The maximum Gasteiger partial charge on any atom is 0.387 e. The van der Waals surface area contributed by atoms with Crippen molar-refractivity contribution in [1.82, 2.24) is 20.3 Å². The minimum atomic E-state index is -2.86. The number of hydrogen-bond donors (Lipinski definition) is 1. The highest BCUT2D eigenvalue weighted by Gasteiger charge is 2.21. The number of benzene rings is 1. The Kier molecular flexibility index (Phi) is 4.06. The van der Waals surface area contributed by atoms with Gasteiger partial charge in [0.05, 0.1) is 17.9 Å². The van der Waals surface area contributed by atoms with E-state index in [2.05, 4.69) is 20.4 Å². The van der Waals surface area contributed by atoms with E-state index in [1.165, 1.54) is 6.07 Å². The molecule has 1 heterocycles. The Morgan fingerprint density at radius 3 is 2.63 bits per heavy atom. The molecule has 0 fully saturated rings. The molecule has 0 spiro atoms. The third kappa shape index (κ3) is 2.87. The molecule has 0 radical (unpaired) electrons. The Morgan fingerprint density at radius 1 is 1.32 bits per heavy atom. The second-order valence-corrected chi connectivity index (χ2v) is 3.92. The molecule has 5 nitrogen and oxygen atoms in total. The SMILES string of the molecule is CNC(c1ccccc1OC(F)F)c1cnnn1C. The molecule has 19 heavy (non-hydrogen) atoms. The zero-order chi connectivity index (χ0) is 13.8. The minimum absolute atomic E-state index is 0.137. The molecule has 0 aliphatic carbocycles. The maximum absolute atomic E-state index is 12.4. The van der Waals surface area contributed by atoms with Gasteiger partial charge in [-0.05, 0) is 13.1 Å². The summed E-state index contributed by atoms with van der Waals surface area (Å²) in [6.07, 6.45) is 1.58. The van der Waals surface area contributed by atoms with Crippen LogP contribution in [0, 0.1) is 0 Å². The lowest BCUT2D eigenvalue weighted by atomic mass is 10.0. The van der Waals surface area contributed by atoms with Gasteiger partial charge in [-0.2, -0.15) is 8.78 Å². The quantitative estimate of drug-likeness (QED) is 0.897. The molecular formula is C12H14F2N4O. The van der Waals surface area contributed by atoms with Gasteiger partial charge < -0.3 is 10.1 Å². The predicted octanol–water partition coefficient (Wildman–Crippen LogP) is 1.73. The lowest BCUT2D eigenvalue weighted by Gasteiger charge is -2.19. The lowest BCUT2D eigenvalue weighted by Crippen LogP contribution is -2.21. The number of para-hydroxylation sites is 1. The smallest absolute Gasteiger partial charge is 0.387 e. The van der Waals surface area contributed by atoms with Crippen molar-refractivity contribution in [2.24, 2.45) is 7.05 Å². The molecule has 2 rings (SSSR count). The number of nitrogens with one attached hydrogen (secondary N) is 1. The summed E-state index contributed by atoms with van der Waals surface area (Å²) in [6, 6.07) is 6.33. The zero-order valence-electron chi connectivity index (χ0n) is 10.5. The molecule has 2 aromatic rings. The third-order valence-corrected chi connectivity index (χ3v) is 2.78. The van der Waals surface area contributed by atoms with Gasteiger partial charge in [-0.15, -0.1) is 5.10 Å². The van der Waals surface area contributed by atoms with Crippen molar-refractivity contribution in [1.29, 1.82) is 0 Å². The molecule has 1 aromatic heterocycles. The van der Waals surface area contributed by atoms with E-state index in [-0.39, 0.29) is 11.8 Å². The summed E-state index contributed by atoms with van der Waals surface area (Å²) >= 11 is 0. The molecule has 0 bridgehead atoms. The third-order valence-electron chi connectivity index (χ3n) is 2.78. The highest BCUT2D eigenvalue weighted by atomic mass is 19.3. The number of halogens is 2. The van der Waals surface area contributed by atoms with Crippen molar-refractivity contribution < 1.29 is 13.5 Å². The fourth-order valence-electron chi connectivity index (χ4n) is 1.94. The average molecular weight is 268 g/mol.